The van der Waals surface area contributed by atoms with E-state index in [2.05, 4.69) is 78.8 Å². The van der Waals surface area contributed by atoms with Gasteiger partial charge >= 0.3 is 0 Å². The highest BCUT2D eigenvalue weighted by Gasteiger charge is 2.40. The molecule has 2 aromatic carbocycles. The number of carbonyl (C=O) groups is 14. The summed E-state index contributed by atoms with van der Waals surface area (Å²) in [5, 5.41) is 43.1. The Hall–Kier alpha value is -10.5. The Labute approximate surface area is 690 Å². The molecule has 118 heavy (non-hydrogen) atoms. The van der Waals surface area contributed by atoms with E-state index in [4.69, 9.17) is 40.1 Å². The number of aliphatic hydroxyl groups excluding tert-OH is 1. The van der Waals surface area contributed by atoms with Gasteiger partial charge in [0.1, 0.15) is 78.5 Å². The third-order valence-electron chi connectivity index (χ3n) is 20.2. The number of amides is 14. The third kappa shape index (κ3) is 35.0. The zero-order chi connectivity index (χ0) is 87.6. The van der Waals surface area contributed by atoms with Crippen molar-refractivity contribution in [1.82, 2.24) is 78.8 Å². The SMILES string of the molecule is CC[C@H](C)[C@H](NC(=O)[C@H](CC(C)C)NC(=O)[C@H](Cc1c[nH]c2ccccc12)NC(=O)[C@H](CCCCN)NC(=O)[C@@H](NC(=O)[C@H](CCCCN)NC(=O)[C@@H](N)CO)C(C)C)C(=O)N[C@@H](CCC(N)=O)C(=O)N[C@@H](CC(C)C)C(=O)N[C@@H](Cc1ccccc1)C(=O)N[C@@H](Cc1cnc[nH]1)C(=O)N[C@@H](CCCCN)C(=O)N[C@@H](CCCCN)C(N)=O. The fraction of sp³-hybridized carbons (Fsp3) is 0.617. The molecule has 2 aromatic heterocycles. The Morgan fingerprint density at radius 2 is 0.797 bits per heavy atom. The zero-order valence-corrected chi connectivity index (χ0v) is 69.6. The Morgan fingerprint density at radius 1 is 0.415 bits per heavy atom. The maximum Gasteiger partial charge on any atom is 0.243 e. The van der Waals surface area contributed by atoms with Gasteiger partial charge in [-0.15, -0.1) is 0 Å². The van der Waals surface area contributed by atoms with E-state index in [0.29, 0.717) is 92.2 Å². The minimum absolute atomic E-state index is 0.0155. The number of imidazole rings is 1. The van der Waals surface area contributed by atoms with Crippen molar-refractivity contribution >= 4 is 93.6 Å². The number of H-pyrrole nitrogens is 2. The number of para-hydroxylation sites is 1. The van der Waals surface area contributed by atoms with Crippen molar-refractivity contribution in [3.8, 4) is 0 Å². The second-order valence-electron chi connectivity index (χ2n) is 31.3. The number of primary amides is 2. The first-order chi connectivity index (χ1) is 56.2. The topological polar surface area (TPSA) is 630 Å². The molecule has 37 nitrogen and oxygen atoms in total. The van der Waals surface area contributed by atoms with Crippen LogP contribution in [0.3, 0.4) is 0 Å². The molecule has 0 fully saturated rings. The molecule has 0 unspecified atom stereocenters. The summed E-state index contributed by atoms with van der Waals surface area (Å²) in [5.74, 6) is -13.4. The summed E-state index contributed by atoms with van der Waals surface area (Å²) < 4.78 is 0. The Morgan fingerprint density at radius 3 is 1.25 bits per heavy atom. The number of nitrogens with zero attached hydrogens (tertiary/aromatic N) is 1. The van der Waals surface area contributed by atoms with Crippen LogP contribution in [-0.2, 0) is 86.4 Å². The van der Waals surface area contributed by atoms with Crippen molar-refractivity contribution < 1.29 is 72.2 Å². The van der Waals surface area contributed by atoms with Crippen LogP contribution in [0.4, 0.5) is 0 Å². The molecule has 0 saturated heterocycles. The molecule has 4 aromatic rings. The lowest BCUT2D eigenvalue weighted by molar-refractivity contribution is -0.137. The molecular weight excluding hydrogens is 1520 g/mol. The average Bonchev–Trinajstić information content (AvgIpc) is 1.76. The van der Waals surface area contributed by atoms with E-state index in [0.717, 1.165) is 0 Å². The van der Waals surface area contributed by atoms with Gasteiger partial charge in [-0.1, -0.05) is 110 Å². The molecule has 2 heterocycles. The highest BCUT2D eigenvalue weighted by molar-refractivity contribution is 6.00. The molecule has 0 aliphatic heterocycles. The quantitative estimate of drug-likeness (QED) is 0.0215. The molecule has 0 aliphatic carbocycles. The molecule has 0 saturated carbocycles. The number of nitrogens with two attached hydrogens (primary N) is 7. The lowest BCUT2D eigenvalue weighted by Gasteiger charge is -2.30. The van der Waals surface area contributed by atoms with Crippen LogP contribution in [0, 0.1) is 23.7 Å². The van der Waals surface area contributed by atoms with Gasteiger partial charge in [0, 0.05) is 54.7 Å². The highest BCUT2D eigenvalue weighted by atomic mass is 16.3. The number of hydrogen-bond donors (Lipinski definition) is 22. The standard InChI is InChI=1S/C81H132N22O15/c1-9-49(8)68(103-79(116)62(38-47(4)5)98-77(114)64(40-51-42-90-55-26-14-13-25-53(51)55)100-72(109)58(29-17-21-35-84)95-80(117)67(48(6)7)102-74(111)59(30-18-22-36-85)93-70(107)54(86)44-104)81(118)96-60(31-32-66(87)105)73(110)97-61(37-46(2)3)75(112)99-63(39-50-23-11-10-12-24-50)76(113)101-65(41-52-43-89-45-91-52)78(115)94-57(28-16-20-34-83)71(108)92-56(69(88)106)27-15-19-33-82/h10-14,23-26,42-43,45-49,54,56-65,67-68,90,104H,9,15-22,27-41,44,82-86H2,1-8H3,(H2,87,105)(H2,88,106)(H,89,91)(H,92,108)(H,93,107)(H,94,115)(H,95,117)(H,96,118)(H,97,110)(H,98,114)(H,99,112)(H,100,109)(H,101,113)(H,102,111)(H,103,116)/t49-,54-,56-,57-,58-,59-,60-,61-,62-,63-,64-,65-,67-,68-/m0/s1. The van der Waals surface area contributed by atoms with Gasteiger partial charge in [0.2, 0.25) is 82.7 Å². The van der Waals surface area contributed by atoms with E-state index < -0.39 is 193 Å². The van der Waals surface area contributed by atoms with Crippen molar-refractivity contribution in [1.29, 1.82) is 0 Å². The van der Waals surface area contributed by atoms with Crippen LogP contribution in [0.25, 0.3) is 10.9 Å². The molecule has 0 aliphatic rings. The fourth-order valence-corrected chi connectivity index (χ4v) is 13.2. The smallest absolute Gasteiger partial charge is 0.243 e. The van der Waals surface area contributed by atoms with Gasteiger partial charge in [-0.25, -0.2) is 4.98 Å². The van der Waals surface area contributed by atoms with Crippen LogP contribution < -0.4 is 104 Å². The van der Waals surface area contributed by atoms with Crippen molar-refractivity contribution in [3.05, 3.63) is 90.1 Å². The molecule has 29 N–H and O–H groups in total. The van der Waals surface area contributed by atoms with E-state index >= 15 is 9.59 Å². The predicted molar refractivity (Wildman–Crippen MR) is 445 cm³/mol. The minimum Gasteiger partial charge on any atom is -0.394 e. The van der Waals surface area contributed by atoms with Gasteiger partial charge in [0.15, 0.2) is 0 Å². The average molecular weight is 1650 g/mol. The van der Waals surface area contributed by atoms with Crippen LogP contribution in [0.5, 0.6) is 0 Å². The van der Waals surface area contributed by atoms with E-state index in [1.165, 1.54) is 12.5 Å². The van der Waals surface area contributed by atoms with Crippen LogP contribution in [-0.4, -0.2) is 214 Å². The van der Waals surface area contributed by atoms with Crippen LogP contribution in [0.2, 0.25) is 0 Å². The Balaban J connectivity index is 1.68. The molecular formula is C81H132N22O15. The number of aromatic nitrogens is 3. The number of benzene rings is 2. The molecule has 14 amide bonds. The first-order valence-electron chi connectivity index (χ1n) is 41.1. The van der Waals surface area contributed by atoms with E-state index in [-0.39, 0.29) is 89.1 Å². The molecule has 14 atom stereocenters. The number of hydrogen-bond acceptors (Lipinski definition) is 21. The summed E-state index contributed by atoms with van der Waals surface area (Å²) in [6.07, 6.45) is 7.30. The normalized spacial score (nSPS) is 15.0. The van der Waals surface area contributed by atoms with E-state index in [9.17, 15) is 62.6 Å². The Kier molecular flexibility index (Phi) is 44.9. The van der Waals surface area contributed by atoms with Crippen LogP contribution >= 0.6 is 0 Å². The number of aromatic amines is 2. The molecule has 0 radical (unpaired) electrons. The number of aliphatic hydroxyl groups is 1. The first-order valence-corrected chi connectivity index (χ1v) is 41.1. The number of rotatable bonds is 58. The molecule has 4 rings (SSSR count). The predicted octanol–water partition coefficient (Wildman–Crippen LogP) is -1.88. The molecule has 37 heteroatoms. The Bertz CT molecular complexity index is 3840. The lowest BCUT2D eigenvalue weighted by Crippen LogP contribution is -2.62. The molecule has 0 spiro atoms. The number of nitrogens with one attached hydrogen (secondary N) is 14. The van der Waals surface area contributed by atoms with Gasteiger partial charge in [0.05, 0.1) is 12.9 Å². The van der Waals surface area contributed by atoms with Crippen molar-refractivity contribution in [3.63, 3.8) is 0 Å². The largest absolute Gasteiger partial charge is 0.394 e. The summed E-state index contributed by atoms with van der Waals surface area (Å²) in [4.78, 5) is 210. The fourth-order valence-electron chi connectivity index (χ4n) is 13.2. The molecule has 656 valence electrons. The number of fused-ring (bicyclic) bond motifs is 1. The molecule has 0 bridgehead atoms. The van der Waals surface area contributed by atoms with Crippen LogP contribution in [0.15, 0.2) is 73.3 Å². The maximum absolute atomic E-state index is 15.2. The van der Waals surface area contributed by atoms with Crippen molar-refractivity contribution in [2.75, 3.05) is 32.8 Å². The number of carbonyl (C=O) groups excluding carboxylic acids is 14. The van der Waals surface area contributed by atoms with Gasteiger partial charge < -0.3 is 119 Å². The van der Waals surface area contributed by atoms with Crippen molar-refractivity contribution in [2.24, 2.45) is 63.8 Å². The number of unbranched alkanes of at least 4 members (excludes halogenated alkanes) is 4. The van der Waals surface area contributed by atoms with Gasteiger partial charge in [-0.2, -0.15) is 0 Å². The summed E-state index contributed by atoms with van der Waals surface area (Å²) >= 11 is 0. The maximum atomic E-state index is 15.2. The minimum atomic E-state index is -1.60. The van der Waals surface area contributed by atoms with Crippen molar-refractivity contribution in [2.45, 2.75) is 262 Å². The van der Waals surface area contributed by atoms with Gasteiger partial charge in [-0.3, -0.25) is 67.1 Å². The summed E-state index contributed by atoms with van der Waals surface area (Å²) in [5.41, 5.74) is 42.5. The summed E-state index contributed by atoms with van der Waals surface area (Å²) in [6.45, 7) is 14.3. The lowest BCUT2D eigenvalue weighted by atomic mass is 9.95. The van der Waals surface area contributed by atoms with Gasteiger partial charge in [-0.05, 0) is 163 Å². The zero-order valence-electron chi connectivity index (χ0n) is 69.6. The summed E-state index contributed by atoms with van der Waals surface area (Å²) in [7, 11) is 0. The second kappa shape index (κ2) is 53.1. The summed E-state index contributed by atoms with van der Waals surface area (Å²) in [6, 6.07) is -1.83. The monoisotopic (exact) mass is 1650 g/mol. The van der Waals surface area contributed by atoms with Gasteiger partial charge in [0.25, 0.3) is 0 Å². The van der Waals surface area contributed by atoms with E-state index in [1.54, 1.807) is 104 Å². The highest BCUT2D eigenvalue weighted by Crippen LogP contribution is 2.22. The van der Waals surface area contributed by atoms with E-state index in [1.807, 2.05) is 12.1 Å². The van der Waals surface area contributed by atoms with Crippen LogP contribution in [0.1, 0.15) is 181 Å². The first kappa shape index (κ1) is 99.9. The third-order valence-corrected chi connectivity index (χ3v) is 20.2. The second-order valence-corrected chi connectivity index (χ2v) is 31.3.